The predicted octanol–water partition coefficient (Wildman–Crippen LogP) is 3.45. The van der Waals surface area contributed by atoms with Crippen molar-refractivity contribution >= 4 is 12.1 Å². The lowest BCUT2D eigenvalue weighted by Gasteiger charge is -2.32. The molecule has 1 aliphatic heterocycles. The second-order valence-corrected chi connectivity index (χ2v) is 8.05. The van der Waals surface area contributed by atoms with Gasteiger partial charge in [0.1, 0.15) is 0 Å². The first-order valence-electron chi connectivity index (χ1n) is 10.4. The highest BCUT2D eigenvalue weighted by Crippen LogP contribution is 2.24. The summed E-state index contributed by atoms with van der Waals surface area (Å²) in [5.74, 6) is 0.845. The fraction of sp³-hybridized carbons (Fsp3) is 0.636. The minimum Gasteiger partial charge on any atom is -0.450 e. The normalized spacial score (nSPS) is 16.0. The van der Waals surface area contributed by atoms with Gasteiger partial charge in [0.15, 0.2) is 5.96 Å². The summed E-state index contributed by atoms with van der Waals surface area (Å²) in [6.45, 7) is 13.9. The summed E-state index contributed by atoms with van der Waals surface area (Å²) in [5.41, 5.74) is 2.53. The molecule has 1 aliphatic rings. The number of carbonyl (C=O) groups is 1. The first kappa shape index (κ1) is 22.1. The molecular formula is C22H36N4O2. The SMILES string of the molecule is CCNC(=NCC(C)(C)c1cccc(C)c1)NC1CCN(C(=O)OCC)CC1. The quantitative estimate of drug-likeness (QED) is 0.579. The summed E-state index contributed by atoms with van der Waals surface area (Å²) in [4.78, 5) is 18.5. The second-order valence-electron chi connectivity index (χ2n) is 8.05. The minimum absolute atomic E-state index is 0.0400. The minimum atomic E-state index is -0.207. The molecule has 1 heterocycles. The summed E-state index contributed by atoms with van der Waals surface area (Å²) in [7, 11) is 0. The van der Waals surface area contributed by atoms with Crippen molar-refractivity contribution < 1.29 is 9.53 Å². The number of hydrogen-bond donors (Lipinski definition) is 2. The van der Waals surface area contributed by atoms with Crippen molar-refractivity contribution in [1.82, 2.24) is 15.5 Å². The zero-order valence-corrected chi connectivity index (χ0v) is 18.0. The summed E-state index contributed by atoms with van der Waals surface area (Å²) in [6, 6.07) is 8.95. The highest BCUT2D eigenvalue weighted by molar-refractivity contribution is 5.80. The number of nitrogens with zero attached hydrogens (tertiary/aromatic N) is 2. The van der Waals surface area contributed by atoms with E-state index >= 15 is 0 Å². The van der Waals surface area contributed by atoms with E-state index < -0.39 is 0 Å². The van der Waals surface area contributed by atoms with Crippen LogP contribution in [0.3, 0.4) is 0 Å². The number of hydrogen-bond acceptors (Lipinski definition) is 3. The Kier molecular flexibility index (Phi) is 8.15. The highest BCUT2D eigenvalue weighted by atomic mass is 16.6. The number of aryl methyl sites for hydroxylation is 1. The maximum absolute atomic E-state index is 11.8. The molecule has 0 unspecified atom stereocenters. The number of likely N-dealkylation sites (tertiary alicyclic amines) is 1. The summed E-state index contributed by atoms with van der Waals surface area (Å²) in [6.07, 6.45) is 1.58. The Hall–Kier alpha value is -2.24. The topological polar surface area (TPSA) is 66.0 Å². The van der Waals surface area contributed by atoms with E-state index in [9.17, 15) is 4.79 Å². The molecule has 1 amide bonds. The van der Waals surface area contributed by atoms with Crippen LogP contribution in [0.15, 0.2) is 29.3 Å². The summed E-state index contributed by atoms with van der Waals surface area (Å²) < 4.78 is 5.09. The largest absolute Gasteiger partial charge is 0.450 e. The molecule has 6 nitrogen and oxygen atoms in total. The number of nitrogens with one attached hydrogen (secondary N) is 2. The first-order chi connectivity index (χ1) is 13.4. The van der Waals surface area contributed by atoms with Crippen LogP contribution < -0.4 is 10.6 Å². The van der Waals surface area contributed by atoms with Crippen LogP contribution in [-0.2, 0) is 10.2 Å². The third-order valence-corrected chi connectivity index (χ3v) is 5.14. The number of piperidine rings is 1. The molecule has 2 N–H and O–H groups in total. The number of aliphatic imine (C=N–C) groups is 1. The summed E-state index contributed by atoms with van der Waals surface area (Å²) in [5, 5.41) is 6.90. The van der Waals surface area contributed by atoms with Gasteiger partial charge in [-0.25, -0.2) is 4.79 Å². The number of amides is 1. The average Bonchev–Trinajstić information content (AvgIpc) is 2.67. The Morgan fingerprint density at radius 2 is 2.00 bits per heavy atom. The zero-order chi connectivity index (χ0) is 20.6. The van der Waals surface area contributed by atoms with Crippen molar-refractivity contribution in [3.8, 4) is 0 Å². The molecule has 0 spiro atoms. The molecule has 0 aliphatic carbocycles. The molecule has 0 bridgehead atoms. The lowest BCUT2D eigenvalue weighted by molar-refractivity contribution is 0.0963. The van der Waals surface area contributed by atoms with Gasteiger partial charge in [-0.05, 0) is 39.2 Å². The van der Waals surface area contributed by atoms with Gasteiger partial charge in [0.05, 0.1) is 13.2 Å². The molecular weight excluding hydrogens is 352 g/mol. The van der Waals surface area contributed by atoms with Crippen LogP contribution >= 0.6 is 0 Å². The van der Waals surface area contributed by atoms with Crippen molar-refractivity contribution in [2.24, 2.45) is 4.99 Å². The number of guanidine groups is 1. The number of carbonyl (C=O) groups excluding carboxylic acids is 1. The van der Waals surface area contributed by atoms with E-state index in [2.05, 4.69) is 62.6 Å². The molecule has 0 aromatic heterocycles. The maximum Gasteiger partial charge on any atom is 0.409 e. The van der Waals surface area contributed by atoms with Crippen LogP contribution in [0, 0.1) is 6.92 Å². The van der Waals surface area contributed by atoms with Gasteiger partial charge in [-0.15, -0.1) is 0 Å². The predicted molar refractivity (Wildman–Crippen MR) is 115 cm³/mol. The van der Waals surface area contributed by atoms with Gasteiger partial charge >= 0.3 is 6.09 Å². The fourth-order valence-electron chi connectivity index (χ4n) is 3.37. The number of benzene rings is 1. The molecule has 156 valence electrons. The monoisotopic (exact) mass is 388 g/mol. The molecule has 0 radical (unpaired) electrons. The third-order valence-electron chi connectivity index (χ3n) is 5.14. The third kappa shape index (κ3) is 6.43. The van der Waals surface area contributed by atoms with Gasteiger partial charge in [-0.2, -0.15) is 0 Å². The Morgan fingerprint density at radius 1 is 1.29 bits per heavy atom. The Balaban J connectivity index is 1.95. The van der Waals surface area contributed by atoms with Gasteiger partial charge in [0, 0.05) is 31.1 Å². The first-order valence-corrected chi connectivity index (χ1v) is 10.4. The highest BCUT2D eigenvalue weighted by Gasteiger charge is 2.25. The Bertz CT molecular complexity index is 664. The molecule has 0 atom stereocenters. The molecule has 1 aromatic carbocycles. The van der Waals surface area contributed by atoms with Crippen molar-refractivity contribution in [2.75, 3.05) is 32.8 Å². The van der Waals surface area contributed by atoms with Crippen LogP contribution in [-0.4, -0.2) is 55.8 Å². The smallest absolute Gasteiger partial charge is 0.409 e. The number of rotatable bonds is 6. The van der Waals surface area contributed by atoms with Gasteiger partial charge in [-0.1, -0.05) is 43.7 Å². The van der Waals surface area contributed by atoms with E-state index in [0.717, 1.165) is 25.3 Å². The van der Waals surface area contributed by atoms with Crippen molar-refractivity contribution in [1.29, 1.82) is 0 Å². The van der Waals surface area contributed by atoms with E-state index in [1.807, 2.05) is 6.92 Å². The average molecular weight is 389 g/mol. The number of ether oxygens (including phenoxy) is 1. The van der Waals surface area contributed by atoms with Gasteiger partial charge in [0.2, 0.25) is 0 Å². The second kappa shape index (κ2) is 10.3. The standard InChI is InChI=1S/C22H36N4O2/c1-6-23-20(24-16-22(4,5)18-10-8-9-17(3)15-18)25-19-11-13-26(14-12-19)21(27)28-7-2/h8-10,15,19H,6-7,11-14,16H2,1-5H3,(H2,23,24,25). The maximum atomic E-state index is 11.8. The van der Waals surface area contributed by atoms with Gasteiger partial charge < -0.3 is 20.3 Å². The molecule has 1 aromatic rings. The van der Waals surface area contributed by atoms with Crippen molar-refractivity contribution in [3.05, 3.63) is 35.4 Å². The molecule has 1 saturated heterocycles. The zero-order valence-electron chi connectivity index (χ0n) is 18.0. The van der Waals surface area contributed by atoms with Crippen LogP contribution in [0.25, 0.3) is 0 Å². The Morgan fingerprint density at radius 3 is 2.61 bits per heavy atom. The van der Waals surface area contributed by atoms with Crippen LogP contribution in [0.1, 0.15) is 51.7 Å². The van der Waals surface area contributed by atoms with Gasteiger partial charge in [-0.3, -0.25) is 4.99 Å². The van der Waals surface area contributed by atoms with E-state index in [0.29, 0.717) is 32.3 Å². The van der Waals surface area contributed by atoms with Crippen LogP contribution in [0.5, 0.6) is 0 Å². The van der Waals surface area contributed by atoms with E-state index in [1.54, 1.807) is 4.90 Å². The van der Waals surface area contributed by atoms with Crippen LogP contribution in [0.2, 0.25) is 0 Å². The van der Waals surface area contributed by atoms with E-state index in [1.165, 1.54) is 11.1 Å². The molecule has 6 heteroatoms. The molecule has 28 heavy (non-hydrogen) atoms. The molecule has 0 saturated carbocycles. The Labute approximate surface area is 169 Å². The fourth-order valence-corrected chi connectivity index (χ4v) is 3.37. The van der Waals surface area contributed by atoms with Crippen molar-refractivity contribution in [2.45, 2.75) is 58.9 Å². The molecule has 2 rings (SSSR count). The van der Waals surface area contributed by atoms with Gasteiger partial charge in [0.25, 0.3) is 0 Å². The lowest BCUT2D eigenvalue weighted by atomic mass is 9.84. The lowest BCUT2D eigenvalue weighted by Crippen LogP contribution is -2.50. The molecule has 1 fully saturated rings. The van der Waals surface area contributed by atoms with Crippen molar-refractivity contribution in [3.63, 3.8) is 0 Å². The van der Waals surface area contributed by atoms with E-state index in [-0.39, 0.29) is 11.5 Å². The van der Waals surface area contributed by atoms with E-state index in [4.69, 9.17) is 9.73 Å². The van der Waals surface area contributed by atoms with Crippen LogP contribution in [0.4, 0.5) is 4.79 Å². The summed E-state index contributed by atoms with van der Waals surface area (Å²) >= 11 is 0.